The fraction of sp³-hybridized carbons (Fsp3) is 0.857. The number of likely N-dealkylation sites (tertiary alicyclic amines) is 1. The van der Waals surface area contributed by atoms with Crippen LogP contribution >= 0.6 is 0 Å². The van der Waals surface area contributed by atoms with Crippen molar-refractivity contribution < 1.29 is 18.0 Å². The van der Waals surface area contributed by atoms with Gasteiger partial charge in [0, 0.05) is 39.1 Å². The molecule has 0 aromatic rings. The Morgan fingerprint density at radius 2 is 2.04 bits per heavy atom. The fourth-order valence-corrected chi connectivity index (χ4v) is 3.34. The quantitative estimate of drug-likeness (QED) is 0.591. The number of carbonyl (C=O) groups excluding carboxylic acids is 2. The first-order valence-corrected chi connectivity index (χ1v) is 9.63. The SMILES string of the molecule is CCS(=O)(=O)N(C)CC(=O)N1CCCCC1CNC(=O)CCN. The van der Waals surface area contributed by atoms with Crippen LogP contribution in [-0.4, -0.2) is 74.5 Å². The maximum absolute atomic E-state index is 12.4. The topological polar surface area (TPSA) is 113 Å². The number of hydrogen-bond acceptors (Lipinski definition) is 5. The molecule has 1 saturated heterocycles. The summed E-state index contributed by atoms with van der Waals surface area (Å²) in [5.41, 5.74) is 5.33. The maximum Gasteiger partial charge on any atom is 0.238 e. The number of hydrogen-bond donors (Lipinski definition) is 2. The van der Waals surface area contributed by atoms with Gasteiger partial charge >= 0.3 is 0 Å². The predicted molar refractivity (Wildman–Crippen MR) is 88.1 cm³/mol. The van der Waals surface area contributed by atoms with Gasteiger partial charge in [0.15, 0.2) is 0 Å². The molecular weight excluding hydrogens is 320 g/mol. The number of likely N-dealkylation sites (N-methyl/N-ethyl adjacent to an activating group) is 1. The van der Waals surface area contributed by atoms with E-state index >= 15 is 0 Å². The van der Waals surface area contributed by atoms with Crippen molar-refractivity contribution in [3.63, 3.8) is 0 Å². The first-order valence-electron chi connectivity index (χ1n) is 8.02. The van der Waals surface area contributed by atoms with Crippen LogP contribution in [0.5, 0.6) is 0 Å². The van der Waals surface area contributed by atoms with Gasteiger partial charge < -0.3 is 16.0 Å². The van der Waals surface area contributed by atoms with Gasteiger partial charge in [-0.15, -0.1) is 0 Å². The second kappa shape index (κ2) is 9.19. The van der Waals surface area contributed by atoms with E-state index in [1.54, 1.807) is 11.8 Å². The Bertz CT molecular complexity index is 509. The first kappa shape index (κ1) is 19.9. The van der Waals surface area contributed by atoms with E-state index < -0.39 is 10.0 Å². The molecule has 1 heterocycles. The van der Waals surface area contributed by atoms with E-state index in [-0.39, 0.29) is 36.6 Å². The molecule has 0 aromatic carbocycles. The summed E-state index contributed by atoms with van der Waals surface area (Å²) in [4.78, 5) is 25.7. The van der Waals surface area contributed by atoms with Crippen LogP contribution < -0.4 is 11.1 Å². The van der Waals surface area contributed by atoms with Crippen molar-refractivity contribution in [1.82, 2.24) is 14.5 Å². The Labute approximate surface area is 138 Å². The first-order chi connectivity index (χ1) is 10.8. The van der Waals surface area contributed by atoms with Crippen LogP contribution in [0.3, 0.4) is 0 Å². The molecular formula is C14H28N4O4S. The minimum Gasteiger partial charge on any atom is -0.354 e. The molecule has 1 aliphatic rings. The molecule has 0 aromatic heterocycles. The highest BCUT2D eigenvalue weighted by Crippen LogP contribution is 2.17. The van der Waals surface area contributed by atoms with Gasteiger partial charge in [0.25, 0.3) is 0 Å². The van der Waals surface area contributed by atoms with E-state index in [1.807, 2.05) is 0 Å². The third-order valence-corrected chi connectivity index (χ3v) is 5.86. The van der Waals surface area contributed by atoms with Gasteiger partial charge in [0.05, 0.1) is 12.3 Å². The average Bonchev–Trinajstić information content (AvgIpc) is 2.53. The van der Waals surface area contributed by atoms with Crippen LogP contribution in [0.1, 0.15) is 32.6 Å². The summed E-state index contributed by atoms with van der Waals surface area (Å²) < 4.78 is 24.6. The molecule has 134 valence electrons. The van der Waals surface area contributed by atoms with Gasteiger partial charge in [0.1, 0.15) is 0 Å². The Morgan fingerprint density at radius 1 is 1.35 bits per heavy atom. The van der Waals surface area contributed by atoms with E-state index in [0.29, 0.717) is 19.6 Å². The van der Waals surface area contributed by atoms with E-state index in [4.69, 9.17) is 5.73 Å². The number of rotatable bonds is 8. The molecule has 0 spiro atoms. The summed E-state index contributed by atoms with van der Waals surface area (Å²) in [5, 5.41) is 2.79. The molecule has 0 aliphatic carbocycles. The molecule has 0 bridgehead atoms. The highest BCUT2D eigenvalue weighted by Gasteiger charge is 2.29. The highest BCUT2D eigenvalue weighted by atomic mass is 32.2. The summed E-state index contributed by atoms with van der Waals surface area (Å²) in [6.45, 7) is 2.65. The summed E-state index contributed by atoms with van der Waals surface area (Å²) in [6, 6.07) is -0.0873. The van der Waals surface area contributed by atoms with E-state index in [2.05, 4.69) is 5.32 Å². The zero-order valence-corrected chi connectivity index (χ0v) is 14.8. The van der Waals surface area contributed by atoms with Gasteiger partial charge in [-0.2, -0.15) is 4.31 Å². The largest absolute Gasteiger partial charge is 0.354 e. The molecule has 1 rings (SSSR count). The van der Waals surface area contributed by atoms with E-state index in [1.165, 1.54) is 7.05 Å². The Kier molecular flexibility index (Phi) is 7.93. The minimum atomic E-state index is -3.38. The molecule has 2 amide bonds. The number of carbonyl (C=O) groups is 2. The minimum absolute atomic E-state index is 0.0324. The number of piperidine rings is 1. The van der Waals surface area contributed by atoms with Crippen molar-refractivity contribution in [2.24, 2.45) is 5.73 Å². The van der Waals surface area contributed by atoms with Crippen molar-refractivity contribution in [2.75, 3.05) is 39.0 Å². The Morgan fingerprint density at radius 3 is 2.65 bits per heavy atom. The van der Waals surface area contributed by atoms with Crippen LogP contribution in [0, 0.1) is 0 Å². The molecule has 8 nitrogen and oxygen atoms in total. The normalized spacial score (nSPS) is 19.0. The van der Waals surface area contributed by atoms with Crippen LogP contribution in [0.15, 0.2) is 0 Å². The van der Waals surface area contributed by atoms with Crippen LogP contribution in [-0.2, 0) is 19.6 Å². The van der Waals surface area contributed by atoms with Gasteiger partial charge in [-0.3, -0.25) is 9.59 Å². The van der Waals surface area contributed by atoms with Crippen molar-refractivity contribution in [2.45, 2.75) is 38.6 Å². The van der Waals surface area contributed by atoms with Gasteiger partial charge in [-0.25, -0.2) is 8.42 Å². The van der Waals surface area contributed by atoms with Crippen LogP contribution in [0.25, 0.3) is 0 Å². The smallest absolute Gasteiger partial charge is 0.238 e. The molecule has 1 fully saturated rings. The Hall–Kier alpha value is -1.19. The molecule has 1 aliphatic heterocycles. The van der Waals surface area contributed by atoms with Crippen LogP contribution in [0.2, 0.25) is 0 Å². The molecule has 3 N–H and O–H groups in total. The molecule has 23 heavy (non-hydrogen) atoms. The van der Waals surface area contributed by atoms with Gasteiger partial charge in [-0.05, 0) is 26.2 Å². The summed E-state index contributed by atoms with van der Waals surface area (Å²) in [5.74, 6) is -0.381. The third-order valence-electron chi connectivity index (χ3n) is 4.05. The van der Waals surface area contributed by atoms with E-state index in [9.17, 15) is 18.0 Å². The lowest BCUT2D eigenvalue weighted by Crippen LogP contribution is -2.52. The second-order valence-electron chi connectivity index (χ2n) is 5.74. The zero-order chi connectivity index (χ0) is 17.5. The Balaban J connectivity index is 2.63. The maximum atomic E-state index is 12.4. The summed E-state index contributed by atoms with van der Waals surface area (Å²) in [6.07, 6.45) is 2.95. The van der Waals surface area contributed by atoms with Crippen molar-refractivity contribution >= 4 is 21.8 Å². The number of nitrogens with one attached hydrogen (secondary N) is 1. The van der Waals surface area contributed by atoms with Gasteiger partial charge in [0.2, 0.25) is 21.8 Å². The summed E-state index contributed by atoms with van der Waals surface area (Å²) in [7, 11) is -1.96. The molecule has 9 heteroatoms. The van der Waals surface area contributed by atoms with E-state index in [0.717, 1.165) is 23.6 Å². The number of nitrogens with zero attached hydrogens (tertiary/aromatic N) is 2. The lowest BCUT2D eigenvalue weighted by Gasteiger charge is -2.36. The van der Waals surface area contributed by atoms with Gasteiger partial charge in [-0.1, -0.05) is 0 Å². The van der Waals surface area contributed by atoms with Crippen molar-refractivity contribution in [1.29, 1.82) is 0 Å². The molecule has 0 radical (unpaired) electrons. The summed E-state index contributed by atoms with van der Waals surface area (Å²) >= 11 is 0. The number of nitrogens with two attached hydrogens (primary N) is 1. The monoisotopic (exact) mass is 348 g/mol. The fourth-order valence-electron chi connectivity index (χ4n) is 2.59. The lowest BCUT2D eigenvalue weighted by molar-refractivity contribution is -0.135. The highest BCUT2D eigenvalue weighted by molar-refractivity contribution is 7.89. The van der Waals surface area contributed by atoms with Crippen molar-refractivity contribution in [3.8, 4) is 0 Å². The third kappa shape index (κ3) is 6.08. The number of sulfonamides is 1. The van der Waals surface area contributed by atoms with Crippen LogP contribution in [0.4, 0.5) is 0 Å². The lowest BCUT2D eigenvalue weighted by atomic mass is 10.0. The number of amides is 2. The van der Waals surface area contributed by atoms with Crippen molar-refractivity contribution in [3.05, 3.63) is 0 Å². The average molecular weight is 348 g/mol. The molecule has 1 atom stereocenters. The molecule has 0 saturated carbocycles. The zero-order valence-electron chi connectivity index (χ0n) is 14.0. The second-order valence-corrected chi connectivity index (χ2v) is 8.10. The predicted octanol–water partition coefficient (Wildman–Crippen LogP) is -0.886. The standard InChI is InChI=1S/C14H28N4O4S/c1-3-23(21,22)17(2)11-14(20)18-9-5-4-6-12(18)10-16-13(19)7-8-15/h12H,3-11,15H2,1-2H3,(H,16,19). The molecule has 1 unspecified atom stereocenters.